The molecule has 5 nitrogen and oxygen atoms in total. The van der Waals surface area contributed by atoms with Crippen LogP contribution in [0.2, 0.25) is 0 Å². The number of nitrogens with one attached hydrogen (secondary N) is 2. The van der Waals surface area contributed by atoms with E-state index in [4.69, 9.17) is 4.74 Å². The van der Waals surface area contributed by atoms with Crippen LogP contribution in [0.25, 0.3) is 0 Å². The lowest BCUT2D eigenvalue weighted by molar-refractivity contribution is -0.125. The number of ether oxygens (including phenoxy) is 1. The van der Waals surface area contributed by atoms with Gasteiger partial charge in [-0.05, 0) is 24.8 Å². The molecule has 2 N–H and O–H groups in total. The fraction of sp³-hybridized carbons (Fsp3) is 0.938. The van der Waals surface area contributed by atoms with Crippen LogP contribution in [-0.4, -0.2) is 62.8 Å². The molecule has 0 aromatic heterocycles. The Balaban J connectivity index is 1.84. The van der Waals surface area contributed by atoms with Gasteiger partial charge in [0.15, 0.2) is 0 Å². The van der Waals surface area contributed by atoms with Crippen LogP contribution >= 0.6 is 0 Å². The molecule has 0 radical (unpaired) electrons. The largest absolute Gasteiger partial charge is 0.379 e. The van der Waals surface area contributed by atoms with Gasteiger partial charge in [0, 0.05) is 32.2 Å². The van der Waals surface area contributed by atoms with Crippen molar-refractivity contribution in [3.05, 3.63) is 0 Å². The number of amides is 1. The normalized spacial score (nSPS) is 28.8. The predicted octanol–water partition coefficient (Wildman–Crippen LogP) is 0.705. The Hall–Kier alpha value is -0.650. The minimum absolute atomic E-state index is 0.134. The number of morpholine rings is 1. The summed E-state index contributed by atoms with van der Waals surface area (Å²) in [6.07, 6.45) is 1.12. The Morgan fingerprint density at radius 1 is 1.33 bits per heavy atom. The van der Waals surface area contributed by atoms with Crippen LogP contribution in [0, 0.1) is 17.8 Å². The molecule has 2 aliphatic heterocycles. The third-order valence-corrected chi connectivity index (χ3v) is 4.67. The van der Waals surface area contributed by atoms with Crippen LogP contribution in [0.4, 0.5) is 0 Å². The van der Waals surface area contributed by atoms with Crippen molar-refractivity contribution in [2.45, 2.75) is 33.2 Å². The molecule has 2 rings (SSSR count). The highest BCUT2D eigenvalue weighted by Gasteiger charge is 2.30. The minimum atomic E-state index is 0.134. The van der Waals surface area contributed by atoms with Gasteiger partial charge >= 0.3 is 0 Å². The van der Waals surface area contributed by atoms with Crippen molar-refractivity contribution in [3.63, 3.8) is 0 Å². The molecular formula is C16H31N3O2. The summed E-state index contributed by atoms with van der Waals surface area (Å²) in [5, 5.41) is 6.49. The van der Waals surface area contributed by atoms with Crippen molar-refractivity contribution in [1.29, 1.82) is 0 Å². The summed E-state index contributed by atoms with van der Waals surface area (Å²) in [5.74, 6) is 1.43. The van der Waals surface area contributed by atoms with Crippen molar-refractivity contribution in [2.75, 3.05) is 45.9 Å². The zero-order chi connectivity index (χ0) is 15.2. The minimum Gasteiger partial charge on any atom is -0.379 e. The van der Waals surface area contributed by atoms with Crippen LogP contribution in [0.3, 0.4) is 0 Å². The molecule has 0 aliphatic carbocycles. The number of carbonyl (C=O) groups is 1. The molecule has 1 amide bonds. The maximum atomic E-state index is 12.3. The lowest BCUT2D eigenvalue weighted by Gasteiger charge is -2.35. The smallest absolute Gasteiger partial charge is 0.224 e. The first-order valence-electron chi connectivity index (χ1n) is 8.38. The lowest BCUT2D eigenvalue weighted by atomic mass is 9.96. The van der Waals surface area contributed by atoms with Crippen molar-refractivity contribution in [1.82, 2.24) is 15.5 Å². The molecule has 0 spiro atoms. The zero-order valence-corrected chi connectivity index (χ0v) is 13.7. The summed E-state index contributed by atoms with van der Waals surface area (Å²) in [7, 11) is 0. The summed E-state index contributed by atoms with van der Waals surface area (Å²) in [4.78, 5) is 14.8. The topological polar surface area (TPSA) is 53.6 Å². The number of rotatable bonds is 6. The number of carbonyl (C=O) groups excluding carboxylic acids is 1. The molecule has 2 fully saturated rings. The highest BCUT2D eigenvalue weighted by molar-refractivity contribution is 5.79. The van der Waals surface area contributed by atoms with Crippen molar-refractivity contribution >= 4 is 5.91 Å². The standard InChI is InChI=1S/C16H31N3O2/c1-12(2)8-14(19-4-6-21-7-5-19)10-18-16(20)15-11-17-9-13(15)3/h12-15,17H,4-11H2,1-3H3,(H,18,20). The predicted molar refractivity (Wildman–Crippen MR) is 84.2 cm³/mol. The first-order valence-corrected chi connectivity index (χ1v) is 8.38. The first kappa shape index (κ1) is 16.7. The summed E-state index contributed by atoms with van der Waals surface area (Å²) >= 11 is 0. The Morgan fingerprint density at radius 2 is 2.05 bits per heavy atom. The Labute approximate surface area is 128 Å². The molecule has 0 aromatic carbocycles. The molecule has 2 heterocycles. The second-order valence-corrected chi connectivity index (χ2v) is 6.92. The van der Waals surface area contributed by atoms with Crippen molar-refractivity contribution in [3.8, 4) is 0 Å². The first-order chi connectivity index (χ1) is 10.1. The molecule has 0 bridgehead atoms. The van der Waals surface area contributed by atoms with Gasteiger partial charge in [0.1, 0.15) is 0 Å². The summed E-state index contributed by atoms with van der Waals surface area (Å²) < 4.78 is 5.44. The average Bonchev–Trinajstić information content (AvgIpc) is 2.90. The molecule has 0 saturated carbocycles. The van der Waals surface area contributed by atoms with Crippen LogP contribution in [0.1, 0.15) is 27.2 Å². The van der Waals surface area contributed by atoms with E-state index in [1.165, 1.54) is 0 Å². The lowest BCUT2D eigenvalue weighted by Crippen LogP contribution is -2.50. The third kappa shape index (κ3) is 4.94. The summed E-state index contributed by atoms with van der Waals surface area (Å²) in [5.41, 5.74) is 0. The summed E-state index contributed by atoms with van der Waals surface area (Å²) in [6, 6.07) is 0.433. The van der Waals surface area contributed by atoms with Gasteiger partial charge in [-0.15, -0.1) is 0 Å². The van der Waals surface area contributed by atoms with Gasteiger partial charge < -0.3 is 15.4 Å². The van der Waals surface area contributed by atoms with Crippen LogP contribution in [-0.2, 0) is 9.53 Å². The quantitative estimate of drug-likeness (QED) is 0.758. The van der Waals surface area contributed by atoms with E-state index in [1.807, 2.05) is 0 Å². The van der Waals surface area contributed by atoms with E-state index < -0.39 is 0 Å². The third-order valence-electron chi connectivity index (χ3n) is 4.67. The molecule has 5 heteroatoms. The number of nitrogens with zero attached hydrogens (tertiary/aromatic N) is 1. The highest BCUT2D eigenvalue weighted by Crippen LogP contribution is 2.17. The van der Waals surface area contributed by atoms with Gasteiger partial charge in [0.2, 0.25) is 5.91 Å². The second kappa shape index (κ2) is 8.11. The highest BCUT2D eigenvalue weighted by atomic mass is 16.5. The fourth-order valence-electron chi connectivity index (χ4n) is 3.36. The van der Waals surface area contributed by atoms with Gasteiger partial charge in [-0.2, -0.15) is 0 Å². The molecular weight excluding hydrogens is 266 g/mol. The maximum Gasteiger partial charge on any atom is 0.224 e. The van der Waals surface area contributed by atoms with Crippen LogP contribution < -0.4 is 10.6 Å². The van der Waals surface area contributed by atoms with Gasteiger partial charge in [-0.3, -0.25) is 9.69 Å². The fourth-order valence-corrected chi connectivity index (χ4v) is 3.36. The van der Waals surface area contributed by atoms with Gasteiger partial charge in [0.25, 0.3) is 0 Å². The van der Waals surface area contributed by atoms with E-state index in [2.05, 4.69) is 36.3 Å². The van der Waals surface area contributed by atoms with Crippen LogP contribution in [0.5, 0.6) is 0 Å². The Morgan fingerprint density at radius 3 is 2.62 bits per heavy atom. The van der Waals surface area contributed by atoms with E-state index in [0.717, 1.165) is 52.4 Å². The molecule has 21 heavy (non-hydrogen) atoms. The van der Waals surface area contributed by atoms with Crippen molar-refractivity contribution in [2.24, 2.45) is 17.8 Å². The second-order valence-electron chi connectivity index (χ2n) is 6.92. The molecule has 3 atom stereocenters. The number of hydrogen-bond donors (Lipinski definition) is 2. The zero-order valence-electron chi connectivity index (χ0n) is 13.7. The monoisotopic (exact) mass is 297 g/mol. The Kier molecular flexibility index (Phi) is 6.45. The Bertz CT molecular complexity index is 329. The van der Waals surface area contributed by atoms with E-state index >= 15 is 0 Å². The maximum absolute atomic E-state index is 12.3. The van der Waals surface area contributed by atoms with Crippen molar-refractivity contribution < 1.29 is 9.53 Å². The van der Waals surface area contributed by atoms with Gasteiger partial charge in [-0.25, -0.2) is 0 Å². The van der Waals surface area contributed by atoms with E-state index in [-0.39, 0.29) is 11.8 Å². The molecule has 3 unspecified atom stereocenters. The van der Waals surface area contributed by atoms with E-state index in [9.17, 15) is 4.79 Å². The molecule has 2 aliphatic rings. The van der Waals surface area contributed by atoms with Crippen LogP contribution in [0.15, 0.2) is 0 Å². The average molecular weight is 297 g/mol. The molecule has 122 valence electrons. The van der Waals surface area contributed by atoms with Gasteiger partial charge in [-0.1, -0.05) is 20.8 Å². The number of hydrogen-bond acceptors (Lipinski definition) is 4. The summed E-state index contributed by atoms with van der Waals surface area (Å²) in [6.45, 7) is 12.8. The van der Waals surface area contributed by atoms with E-state index in [0.29, 0.717) is 17.9 Å². The van der Waals surface area contributed by atoms with E-state index in [1.54, 1.807) is 0 Å². The molecule has 0 aromatic rings. The molecule has 2 saturated heterocycles. The SMILES string of the molecule is CC(C)CC(CNC(=O)C1CNCC1C)N1CCOCC1. The van der Waals surface area contributed by atoms with Gasteiger partial charge in [0.05, 0.1) is 19.1 Å².